The Bertz CT molecular complexity index is 705. The van der Waals surface area contributed by atoms with E-state index in [1.54, 1.807) is 39.8 Å². The Morgan fingerprint density at radius 3 is 1.87 bits per heavy atom. The summed E-state index contributed by atoms with van der Waals surface area (Å²) in [6.45, 7) is 7.14. The van der Waals surface area contributed by atoms with E-state index in [1.807, 2.05) is 0 Å². The van der Waals surface area contributed by atoms with Crippen LogP contribution in [0.15, 0.2) is 17.7 Å². The normalized spacial score (nSPS) is 18.2. The lowest BCUT2D eigenvalue weighted by atomic mass is 9.77. The van der Waals surface area contributed by atoms with Crippen LogP contribution in [0.4, 0.5) is 8.78 Å². The molecule has 1 aliphatic rings. The summed E-state index contributed by atoms with van der Waals surface area (Å²) in [5, 5.41) is 17.4. The van der Waals surface area contributed by atoms with Crippen molar-refractivity contribution in [2.45, 2.75) is 38.9 Å². The predicted octanol–water partition coefficient (Wildman–Crippen LogP) is 2.69. The van der Waals surface area contributed by atoms with Crippen molar-refractivity contribution in [3.63, 3.8) is 0 Å². The maximum absolute atomic E-state index is 14.3. The summed E-state index contributed by atoms with van der Waals surface area (Å²) in [6, 6.07) is 5.35. The van der Waals surface area contributed by atoms with Crippen molar-refractivity contribution in [1.82, 2.24) is 0 Å². The monoisotopic (exact) mass is 316 g/mol. The number of nitrogens with zero attached hydrogens (tertiary/aromatic N) is 2. The molecule has 7 heteroatoms. The number of hydrogen-bond acceptors (Lipinski definition) is 4. The fourth-order valence-corrected chi connectivity index (χ4v) is 2.13. The van der Waals surface area contributed by atoms with Crippen molar-refractivity contribution >= 4 is 18.7 Å². The lowest BCUT2D eigenvalue weighted by molar-refractivity contribution is 0.00578. The van der Waals surface area contributed by atoms with Gasteiger partial charge in [0.05, 0.1) is 16.7 Å². The van der Waals surface area contributed by atoms with Crippen LogP contribution in [0, 0.1) is 34.3 Å². The molecule has 0 N–H and O–H groups in total. The number of allylic oxidation sites excluding steroid dienone is 1. The first-order chi connectivity index (χ1) is 10.6. The molecule has 0 bridgehead atoms. The highest BCUT2D eigenvalue weighted by Crippen LogP contribution is 2.36. The van der Waals surface area contributed by atoms with E-state index in [4.69, 9.17) is 19.8 Å². The van der Waals surface area contributed by atoms with Crippen LogP contribution in [-0.2, 0) is 9.31 Å². The van der Waals surface area contributed by atoms with Gasteiger partial charge >= 0.3 is 7.12 Å². The summed E-state index contributed by atoms with van der Waals surface area (Å²) in [7, 11) is -1.16. The van der Waals surface area contributed by atoms with Crippen LogP contribution < -0.4 is 5.46 Å². The van der Waals surface area contributed by atoms with Gasteiger partial charge in [-0.3, -0.25) is 0 Å². The van der Waals surface area contributed by atoms with E-state index >= 15 is 0 Å². The van der Waals surface area contributed by atoms with Gasteiger partial charge in [-0.25, -0.2) is 8.78 Å². The molecule has 0 aliphatic carbocycles. The van der Waals surface area contributed by atoms with Crippen LogP contribution in [0.25, 0.3) is 6.08 Å². The molecule has 1 aromatic rings. The van der Waals surface area contributed by atoms with Gasteiger partial charge in [0.2, 0.25) is 0 Å². The number of halogens is 2. The Morgan fingerprint density at radius 2 is 1.48 bits per heavy atom. The smallest absolute Gasteiger partial charge is 0.399 e. The van der Waals surface area contributed by atoms with Crippen LogP contribution in [0.5, 0.6) is 0 Å². The minimum Gasteiger partial charge on any atom is -0.399 e. The summed E-state index contributed by atoms with van der Waals surface area (Å²) >= 11 is 0. The summed E-state index contributed by atoms with van der Waals surface area (Å²) in [4.78, 5) is 0. The molecule has 23 heavy (non-hydrogen) atoms. The van der Waals surface area contributed by atoms with Gasteiger partial charge in [-0.2, -0.15) is 10.5 Å². The zero-order valence-corrected chi connectivity index (χ0v) is 13.3. The maximum Gasteiger partial charge on any atom is 0.500 e. The zero-order chi connectivity index (χ0) is 17.4. The Hall–Kier alpha value is -2.22. The molecule has 0 spiro atoms. The number of benzene rings is 1. The van der Waals surface area contributed by atoms with E-state index in [9.17, 15) is 8.78 Å². The average Bonchev–Trinajstić information content (AvgIpc) is 2.63. The molecule has 0 amide bonds. The molecule has 0 atom stereocenters. The second-order valence-corrected chi connectivity index (χ2v) is 6.27. The molecule has 0 unspecified atom stereocenters. The van der Waals surface area contributed by atoms with Crippen molar-refractivity contribution < 1.29 is 18.1 Å². The van der Waals surface area contributed by atoms with Crippen LogP contribution in [0.2, 0.25) is 0 Å². The quantitative estimate of drug-likeness (QED) is 0.621. The van der Waals surface area contributed by atoms with Crippen LogP contribution >= 0.6 is 0 Å². The number of rotatable bonds is 2. The van der Waals surface area contributed by atoms with Crippen molar-refractivity contribution in [3.8, 4) is 12.1 Å². The Morgan fingerprint density at radius 1 is 1.04 bits per heavy atom. The highest BCUT2D eigenvalue weighted by molar-refractivity contribution is 6.62. The Labute approximate surface area is 134 Å². The topological polar surface area (TPSA) is 66.0 Å². The lowest BCUT2D eigenvalue weighted by Gasteiger charge is -2.32. The molecule has 1 aliphatic heterocycles. The SMILES string of the molecule is CC1(C)OB(c2c(F)cc(C=C(C#N)C#N)cc2F)OC1(C)C. The maximum atomic E-state index is 14.3. The standard InChI is InChI=1S/C16H15BF2N2O2/c1-15(2)16(3,4)23-17(22-15)14-12(18)6-10(7-13(14)19)5-11(8-20)9-21/h5-7H,1-4H3. The van der Waals surface area contributed by atoms with Gasteiger partial charge in [0.15, 0.2) is 0 Å². The molecule has 1 fully saturated rings. The first-order valence-electron chi connectivity index (χ1n) is 6.98. The van der Waals surface area contributed by atoms with E-state index in [-0.39, 0.29) is 16.6 Å². The molecule has 0 saturated carbocycles. The predicted molar refractivity (Wildman–Crippen MR) is 81.3 cm³/mol. The second-order valence-electron chi connectivity index (χ2n) is 6.27. The van der Waals surface area contributed by atoms with E-state index in [0.717, 1.165) is 18.2 Å². The highest BCUT2D eigenvalue weighted by Gasteiger charge is 2.53. The Kier molecular flexibility index (Phi) is 4.30. The summed E-state index contributed by atoms with van der Waals surface area (Å²) in [5.41, 5.74) is -1.92. The Balaban J connectivity index is 2.43. The molecule has 1 heterocycles. The lowest BCUT2D eigenvalue weighted by Crippen LogP contribution is -2.41. The van der Waals surface area contributed by atoms with Crippen molar-refractivity contribution in [3.05, 3.63) is 34.9 Å². The van der Waals surface area contributed by atoms with Gasteiger partial charge in [-0.05, 0) is 51.5 Å². The fraction of sp³-hybridized carbons (Fsp3) is 0.375. The second kappa shape index (κ2) is 5.77. The molecule has 4 nitrogen and oxygen atoms in total. The van der Waals surface area contributed by atoms with E-state index in [2.05, 4.69) is 0 Å². The van der Waals surface area contributed by atoms with Crippen molar-refractivity contribution in [2.24, 2.45) is 0 Å². The zero-order valence-electron chi connectivity index (χ0n) is 13.3. The van der Waals surface area contributed by atoms with Gasteiger partial charge < -0.3 is 9.31 Å². The third-order valence-electron chi connectivity index (χ3n) is 4.14. The molecule has 1 saturated heterocycles. The van der Waals surface area contributed by atoms with Crippen molar-refractivity contribution in [2.75, 3.05) is 0 Å². The first-order valence-corrected chi connectivity index (χ1v) is 6.98. The third kappa shape index (κ3) is 3.12. The van der Waals surface area contributed by atoms with Gasteiger partial charge in [0.1, 0.15) is 29.3 Å². The summed E-state index contributed by atoms with van der Waals surface area (Å²) in [6.07, 6.45) is 1.11. The largest absolute Gasteiger partial charge is 0.500 e. The van der Waals surface area contributed by atoms with Gasteiger partial charge in [0.25, 0.3) is 0 Å². The van der Waals surface area contributed by atoms with Crippen molar-refractivity contribution in [1.29, 1.82) is 10.5 Å². The van der Waals surface area contributed by atoms with Gasteiger partial charge in [-0.15, -0.1) is 0 Å². The highest BCUT2D eigenvalue weighted by atomic mass is 19.1. The number of nitriles is 2. The van der Waals surface area contributed by atoms with Gasteiger partial charge in [0, 0.05) is 0 Å². The summed E-state index contributed by atoms with van der Waals surface area (Å²) in [5.74, 6) is -1.71. The molecular formula is C16H15BF2N2O2. The van der Waals surface area contributed by atoms with E-state index in [0.29, 0.717) is 0 Å². The third-order valence-corrected chi connectivity index (χ3v) is 4.14. The summed E-state index contributed by atoms with van der Waals surface area (Å²) < 4.78 is 40.0. The molecule has 0 aromatic heterocycles. The van der Waals surface area contributed by atoms with Crippen LogP contribution in [0.1, 0.15) is 33.3 Å². The van der Waals surface area contributed by atoms with E-state index < -0.39 is 30.0 Å². The molecule has 1 aromatic carbocycles. The average molecular weight is 316 g/mol. The first kappa shape index (κ1) is 17.1. The molecule has 2 rings (SSSR count). The number of hydrogen-bond donors (Lipinski definition) is 0. The minimum atomic E-state index is -1.16. The van der Waals surface area contributed by atoms with Crippen LogP contribution in [-0.4, -0.2) is 18.3 Å². The van der Waals surface area contributed by atoms with Gasteiger partial charge in [-0.1, -0.05) is 0 Å². The fourth-order valence-electron chi connectivity index (χ4n) is 2.13. The molecule has 0 radical (unpaired) electrons. The minimum absolute atomic E-state index is 0.0818. The molecule has 118 valence electrons. The van der Waals surface area contributed by atoms with E-state index in [1.165, 1.54) is 0 Å². The van der Waals surface area contributed by atoms with Crippen LogP contribution in [0.3, 0.4) is 0 Å². The molecular weight excluding hydrogens is 301 g/mol.